The van der Waals surface area contributed by atoms with E-state index >= 15 is 0 Å². The molecule has 0 aromatic heterocycles. The third kappa shape index (κ3) is 59.6. The largest absolute Gasteiger partial charge is 0.466 e. The lowest BCUT2D eigenvalue weighted by Gasteiger charge is -2.22. The van der Waals surface area contributed by atoms with Gasteiger partial charge in [0.1, 0.15) is 0 Å². The van der Waals surface area contributed by atoms with Crippen molar-refractivity contribution in [2.45, 2.75) is 386 Å². The summed E-state index contributed by atoms with van der Waals surface area (Å²) in [5, 5.41) is 23.2. The molecule has 0 aliphatic heterocycles. The number of aliphatic hydroxyl groups is 2. The maximum atomic E-state index is 12.4. The summed E-state index contributed by atoms with van der Waals surface area (Å²) in [6.45, 7) is 4.96. The number of ether oxygens (including phenoxy) is 1. The highest BCUT2D eigenvalue weighted by Gasteiger charge is 2.20. The van der Waals surface area contributed by atoms with Crippen LogP contribution in [0, 0.1) is 0 Å². The van der Waals surface area contributed by atoms with E-state index in [1.165, 1.54) is 295 Å². The van der Waals surface area contributed by atoms with Crippen LogP contribution in [0.15, 0.2) is 24.3 Å². The van der Waals surface area contributed by atoms with Crippen LogP contribution in [0.2, 0.25) is 0 Å². The molecule has 0 aromatic rings. The topological polar surface area (TPSA) is 95.9 Å². The van der Waals surface area contributed by atoms with E-state index in [-0.39, 0.29) is 18.5 Å². The lowest BCUT2D eigenvalue weighted by atomic mass is 10.0. The number of hydrogen-bond donors (Lipinski definition) is 3. The van der Waals surface area contributed by atoms with E-state index in [1.807, 2.05) is 0 Å². The van der Waals surface area contributed by atoms with Gasteiger partial charge in [0.2, 0.25) is 5.91 Å². The van der Waals surface area contributed by atoms with Gasteiger partial charge in [-0.2, -0.15) is 0 Å². The fraction of sp³-hybridized carbons (Fsp3) is 0.912. The maximum absolute atomic E-state index is 12.4. The predicted octanol–water partition coefficient (Wildman–Crippen LogP) is 21.4. The Morgan fingerprint density at radius 2 is 0.635 bits per heavy atom. The Morgan fingerprint density at radius 1 is 0.365 bits per heavy atom. The van der Waals surface area contributed by atoms with Gasteiger partial charge in [0.15, 0.2) is 0 Å². The number of aliphatic hydroxyl groups excluding tert-OH is 2. The van der Waals surface area contributed by atoms with Crippen molar-refractivity contribution in [1.82, 2.24) is 5.32 Å². The molecule has 0 saturated heterocycles. The highest BCUT2D eigenvalue weighted by Crippen LogP contribution is 2.18. The molecule has 0 fully saturated rings. The van der Waals surface area contributed by atoms with Crippen molar-refractivity contribution in [2.24, 2.45) is 0 Å². The molecule has 0 spiro atoms. The van der Waals surface area contributed by atoms with E-state index in [4.69, 9.17) is 4.74 Å². The molecule has 0 radical (unpaired) electrons. The number of carbonyl (C=O) groups excluding carboxylic acids is 2. The average molecular weight is 1040 g/mol. The molecule has 6 heteroatoms. The van der Waals surface area contributed by atoms with E-state index in [9.17, 15) is 19.8 Å². The molecule has 2 atom stereocenters. The zero-order valence-corrected chi connectivity index (χ0v) is 50.1. The first kappa shape index (κ1) is 72.3. The summed E-state index contributed by atoms with van der Waals surface area (Å²) in [4.78, 5) is 24.5. The van der Waals surface area contributed by atoms with Crippen LogP contribution in [0.4, 0.5) is 0 Å². The standard InChI is InChI=1S/C68H131NO5/c1-3-5-7-9-11-13-15-16-17-32-36-39-42-46-50-54-58-62-68(73)74-63-59-55-51-47-43-40-37-34-31-29-27-25-23-21-19-18-20-22-24-26-28-30-33-35-38-41-45-49-53-57-61-67(72)69-65(64-70)66(71)60-56-52-48-44-14-12-10-8-6-4-2/h16-17,19,21,65-66,70-71H,3-15,18,20,22-64H2,1-2H3,(H,69,72)/b17-16-,21-19-. The lowest BCUT2D eigenvalue weighted by molar-refractivity contribution is -0.143. The van der Waals surface area contributed by atoms with Crippen molar-refractivity contribution in [3.8, 4) is 0 Å². The SMILES string of the molecule is CCCCCCCC/C=C\CCCCCCCCCC(=O)OCCCCCCCCCCCCCC/C=C\CCCCCCCCCCCCCCCCC(=O)NC(CO)C(O)CCCCCCCCCCCC. The second-order valence-corrected chi connectivity index (χ2v) is 23.1. The third-order valence-electron chi connectivity index (χ3n) is 15.7. The van der Waals surface area contributed by atoms with E-state index in [1.54, 1.807) is 0 Å². The first-order valence-electron chi connectivity index (χ1n) is 33.6. The van der Waals surface area contributed by atoms with Gasteiger partial charge in [-0.25, -0.2) is 0 Å². The Balaban J connectivity index is 3.33. The Kier molecular flexibility index (Phi) is 62.4. The fourth-order valence-corrected chi connectivity index (χ4v) is 10.6. The Morgan fingerprint density at radius 3 is 0.959 bits per heavy atom. The molecular weight excluding hydrogens is 911 g/mol. The van der Waals surface area contributed by atoms with E-state index in [2.05, 4.69) is 43.5 Å². The Bertz CT molecular complexity index is 1150. The minimum absolute atomic E-state index is 0.0142. The van der Waals surface area contributed by atoms with Crippen molar-refractivity contribution in [3.63, 3.8) is 0 Å². The summed E-state index contributed by atoms with van der Waals surface area (Å²) in [7, 11) is 0. The zero-order chi connectivity index (χ0) is 53.6. The van der Waals surface area contributed by atoms with Gasteiger partial charge < -0.3 is 20.3 Å². The van der Waals surface area contributed by atoms with Crippen LogP contribution in [-0.4, -0.2) is 47.4 Å². The van der Waals surface area contributed by atoms with Gasteiger partial charge in [-0.15, -0.1) is 0 Å². The van der Waals surface area contributed by atoms with Gasteiger partial charge in [0.05, 0.1) is 25.4 Å². The normalized spacial score (nSPS) is 12.6. The zero-order valence-electron chi connectivity index (χ0n) is 50.1. The molecule has 0 aliphatic carbocycles. The van der Waals surface area contributed by atoms with Crippen molar-refractivity contribution in [1.29, 1.82) is 0 Å². The van der Waals surface area contributed by atoms with Crippen molar-refractivity contribution in [2.75, 3.05) is 13.2 Å². The van der Waals surface area contributed by atoms with E-state index < -0.39 is 12.1 Å². The van der Waals surface area contributed by atoms with Gasteiger partial charge in [-0.1, -0.05) is 308 Å². The van der Waals surface area contributed by atoms with Gasteiger partial charge in [-0.05, 0) is 77.0 Å². The molecule has 0 heterocycles. The van der Waals surface area contributed by atoms with Gasteiger partial charge in [0, 0.05) is 12.8 Å². The van der Waals surface area contributed by atoms with Gasteiger partial charge >= 0.3 is 5.97 Å². The lowest BCUT2D eigenvalue weighted by Crippen LogP contribution is -2.45. The number of amides is 1. The van der Waals surface area contributed by atoms with Crippen molar-refractivity contribution in [3.05, 3.63) is 24.3 Å². The van der Waals surface area contributed by atoms with Crippen LogP contribution in [0.25, 0.3) is 0 Å². The maximum Gasteiger partial charge on any atom is 0.305 e. The molecule has 2 unspecified atom stereocenters. The summed E-state index contributed by atoms with van der Waals surface area (Å²) in [6, 6.07) is -0.538. The quantitative estimate of drug-likeness (QED) is 0.0320. The predicted molar refractivity (Wildman–Crippen MR) is 324 cm³/mol. The second-order valence-electron chi connectivity index (χ2n) is 23.1. The summed E-state index contributed by atoms with van der Waals surface area (Å²) in [5.41, 5.74) is 0. The smallest absolute Gasteiger partial charge is 0.305 e. The molecule has 74 heavy (non-hydrogen) atoms. The number of carbonyl (C=O) groups is 2. The van der Waals surface area contributed by atoms with Crippen LogP contribution in [0.5, 0.6) is 0 Å². The second kappa shape index (κ2) is 63.9. The number of unbranched alkanes of at least 4 members (excludes halogenated alkanes) is 48. The number of hydrogen-bond acceptors (Lipinski definition) is 5. The molecule has 0 saturated carbocycles. The summed E-state index contributed by atoms with van der Waals surface area (Å²) in [6.07, 6.45) is 79.4. The highest BCUT2D eigenvalue weighted by molar-refractivity contribution is 5.76. The van der Waals surface area contributed by atoms with E-state index in [0.717, 1.165) is 44.9 Å². The fourth-order valence-electron chi connectivity index (χ4n) is 10.6. The first-order chi connectivity index (χ1) is 36.5. The highest BCUT2D eigenvalue weighted by atomic mass is 16.5. The molecule has 438 valence electrons. The van der Waals surface area contributed by atoms with Crippen LogP contribution in [-0.2, 0) is 14.3 Å². The van der Waals surface area contributed by atoms with Gasteiger partial charge in [0.25, 0.3) is 0 Å². The number of esters is 1. The molecular formula is C68H131NO5. The van der Waals surface area contributed by atoms with Crippen molar-refractivity contribution >= 4 is 11.9 Å². The molecule has 0 aromatic carbocycles. The average Bonchev–Trinajstić information content (AvgIpc) is 3.40. The monoisotopic (exact) mass is 1040 g/mol. The van der Waals surface area contributed by atoms with Gasteiger partial charge in [-0.3, -0.25) is 9.59 Å². The number of allylic oxidation sites excluding steroid dienone is 4. The summed E-state index contributed by atoms with van der Waals surface area (Å²) in [5.74, 6) is -0.0195. The summed E-state index contributed by atoms with van der Waals surface area (Å²) >= 11 is 0. The van der Waals surface area contributed by atoms with Crippen LogP contribution >= 0.6 is 0 Å². The van der Waals surface area contributed by atoms with Crippen LogP contribution in [0.1, 0.15) is 373 Å². The van der Waals surface area contributed by atoms with E-state index in [0.29, 0.717) is 25.9 Å². The van der Waals surface area contributed by atoms with Crippen LogP contribution < -0.4 is 5.32 Å². The first-order valence-corrected chi connectivity index (χ1v) is 33.6. The molecule has 0 aliphatic rings. The molecule has 1 amide bonds. The van der Waals surface area contributed by atoms with Crippen LogP contribution in [0.3, 0.4) is 0 Å². The number of rotatable bonds is 63. The molecule has 3 N–H and O–H groups in total. The minimum atomic E-state index is -0.661. The molecule has 0 rings (SSSR count). The molecule has 6 nitrogen and oxygen atoms in total. The Labute approximate surface area is 462 Å². The molecule has 0 bridgehead atoms. The van der Waals surface area contributed by atoms with Crippen molar-refractivity contribution < 1.29 is 24.5 Å². The number of nitrogens with one attached hydrogen (secondary N) is 1. The third-order valence-corrected chi connectivity index (χ3v) is 15.7. The summed E-state index contributed by atoms with van der Waals surface area (Å²) < 4.78 is 5.50. The Hall–Kier alpha value is -1.66. The minimum Gasteiger partial charge on any atom is -0.466 e.